The van der Waals surface area contributed by atoms with Crippen LogP contribution in [0.5, 0.6) is 0 Å². The third-order valence-corrected chi connectivity index (χ3v) is 9.57. The molecule has 32 heavy (non-hydrogen) atoms. The van der Waals surface area contributed by atoms with E-state index in [4.69, 9.17) is 11.5 Å². The summed E-state index contributed by atoms with van der Waals surface area (Å²) in [7, 11) is 0. The van der Waals surface area contributed by atoms with E-state index in [9.17, 15) is 0 Å². The summed E-state index contributed by atoms with van der Waals surface area (Å²) in [5.41, 5.74) is 12.2. The van der Waals surface area contributed by atoms with Crippen LogP contribution in [0.3, 0.4) is 0 Å². The number of nitrogens with one attached hydrogen (secondary N) is 2. The maximum atomic E-state index is 6.08. The van der Waals surface area contributed by atoms with Crippen molar-refractivity contribution in [3.8, 4) is 0 Å². The molecule has 0 radical (unpaired) electrons. The molecule has 4 heteroatoms. The molecule has 0 unspecified atom stereocenters. The highest BCUT2D eigenvalue weighted by Gasteiger charge is 2.28. The standard InChI is InChI=1S/C28H52N4/c1-20(31-27-14-6-23(7-15-27)18-21-2-10-25(29)11-3-21)32-28-16-8-24(9-17-28)19-22-4-12-26(30)13-5-22/h21-28,31-32H,1-19,29-30H2. The first-order valence-corrected chi connectivity index (χ1v) is 14.3. The molecule has 4 fully saturated rings. The van der Waals surface area contributed by atoms with Gasteiger partial charge in [0, 0.05) is 24.2 Å². The Balaban J connectivity index is 1.06. The largest absolute Gasteiger partial charge is 0.370 e. The van der Waals surface area contributed by atoms with Gasteiger partial charge in [0.25, 0.3) is 0 Å². The van der Waals surface area contributed by atoms with Crippen LogP contribution in [0.25, 0.3) is 0 Å². The highest BCUT2D eigenvalue weighted by molar-refractivity contribution is 4.96. The first-order chi connectivity index (χ1) is 15.5. The third-order valence-electron chi connectivity index (χ3n) is 9.57. The summed E-state index contributed by atoms with van der Waals surface area (Å²) in [5, 5.41) is 7.49. The van der Waals surface area contributed by atoms with Gasteiger partial charge in [0.15, 0.2) is 0 Å². The molecule has 0 bridgehead atoms. The smallest absolute Gasteiger partial charge is 0.0916 e. The molecule has 0 aliphatic heterocycles. The highest BCUT2D eigenvalue weighted by Crippen LogP contribution is 2.36. The van der Waals surface area contributed by atoms with Gasteiger partial charge in [-0.05, 0) is 139 Å². The van der Waals surface area contributed by atoms with Gasteiger partial charge in [-0.15, -0.1) is 0 Å². The van der Waals surface area contributed by atoms with Crippen molar-refractivity contribution in [2.75, 3.05) is 0 Å². The van der Waals surface area contributed by atoms with Crippen LogP contribution in [-0.2, 0) is 0 Å². The van der Waals surface area contributed by atoms with Crippen molar-refractivity contribution in [1.29, 1.82) is 0 Å². The topological polar surface area (TPSA) is 76.1 Å². The van der Waals surface area contributed by atoms with Crippen molar-refractivity contribution < 1.29 is 0 Å². The van der Waals surface area contributed by atoms with E-state index in [1.54, 1.807) is 0 Å². The zero-order chi connectivity index (χ0) is 22.3. The van der Waals surface area contributed by atoms with Crippen LogP contribution in [0, 0.1) is 23.7 Å². The number of nitrogens with two attached hydrogens (primary N) is 2. The van der Waals surface area contributed by atoms with Gasteiger partial charge in [-0.1, -0.05) is 6.58 Å². The zero-order valence-electron chi connectivity index (χ0n) is 20.7. The molecular weight excluding hydrogens is 392 g/mol. The Bertz CT molecular complexity index is 498. The summed E-state index contributed by atoms with van der Waals surface area (Å²) in [6, 6.07) is 2.22. The minimum absolute atomic E-state index is 0.482. The Morgan fingerprint density at radius 3 is 1.09 bits per heavy atom. The Kier molecular flexibility index (Phi) is 9.23. The predicted octanol–water partition coefficient (Wildman–Crippen LogP) is 5.57. The van der Waals surface area contributed by atoms with Crippen LogP contribution in [0.1, 0.15) is 116 Å². The molecular formula is C28H52N4. The van der Waals surface area contributed by atoms with Crippen molar-refractivity contribution in [2.45, 2.75) is 140 Å². The molecule has 0 spiro atoms. The maximum Gasteiger partial charge on any atom is 0.0916 e. The summed E-state index contributed by atoms with van der Waals surface area (Å²) < 4.78 is 0. The summed E-state index contributed by atoms with van der Waals surface area (Å²) in [4.78, 5) is 0. The second kappa shape index (κ2) is 12.1. The molecule has 4 aliphatic carbocycles. The maximum absolute atomic E-state index is 6.08. The van der Waals surface area contributed by atoms with Crippen molar-refractivity contribution in [3.63, 3.8) is 0 Å². The molecule has 0 atom stereocenters. The van der Waals surface area contributed by atoms with Crippen molar-refractivity contribution in [2.24, 2.45) is 35.1 Å². The van der Waals surface area contributed by atoms with Crippen molar-refractivity contribution in [3.05, 3.63) is 12.4 Å². The molecule has 0 amide bonds. The molecule has 4 rings (SSSR count). The minimum Gasteiger partial charge on any atom is -0.370 e. The van der Waals surface area contributed by atoms with Gasteiger partial charge >= 0.3 is 0 Å². The quantitative estimate of drug-likeness (QED) is 0.395. The lowest BCUT2D eigenvalue weighted by Gasteiger charge is -2.36. The predicted molar refractivity (Wildman–Crippen MR) is 136 cm³/mol. The Morgan fingerprint density at radius 2 is 0.781 bits per heavy atom. The SMILES string of the molecule is C=C(NC1CCC(CC2CCC(N)CC2)CC1)NC1CCC(CC2CCC(N)CC2)CC1. The molecule has 4 saturated carbocycles. The van der Waals surface area contributed by atoms with Crippen LogP contribution in [0.15, 0.2) is 12.4 Å². The fraction of sp³-hybridized carbons (Fsp3) is 0.929. The van der Waals surface area contributed by atoms with Gasteiger partial charge in [-0.3, -0.25) is 0 Å². The minimum atomic E-state index is 0.482. The van der Waals surface area contributed by atoms with E-state index in [0.29, 0.717) is 24.2 Å². The van der Waals surface area contributed by atoms with E-state index in [1.807, 2.05) is 0 Å². The number of rotatable bonds is 8. The molecule has 184 valence electrons. The van der Waals surface area contributed by atoms with Gasteiger partial charge in [0.2, 0.25) is 0 Å². The number of hydrogen-bond donors (Lipinski definition) is 4. The second-order valence-corrected chi connectivity index (χ2v) is 12.2. The Labute approximate surface area is 198 Å². The normalized spacial score (nSPS) is 41.1. The highest BCUT2D eigenvalue weighted by atomic mass is 15.1. The lowest BCUT2D eigenvalue weighted by Crippen LogP contribution is -2.42. The van der Waals surface area contributed by atoms with Gasteiger partial charge in [-0.25, -0.2) is 0 Å². The van der Waals surface area contributed by atoms with Crippen LogP contribution >= 0.6 is 0 Å². The van der Waals surface area contributed by atoms with Gasteiger partial charge in [0.05, 0.1) is 5.82 Å². The van der Waals surface area contributed by atoms with Crippen LogP contribution in [-0.4, -0.2) is 24.2 Å². The van der Waals surface area contributed by atoms with E-state index in [1.165, 1.54) is 116 Å². The molecule has 6 N–H and O–H groups in total. The van der Waals surface area contributed by atoms with Crippen LogP contribution in [0.4, 0.5) is 0 Å². The van der Waals surface area contributed by atoms with E-state index in [0.717, 1.165) is 29.5 Å². The van der Waals surface area contributed by atoms with Gasteiger partial charge < -0.3 is 22.1 Å². The van der Waals surface area contributed by atoms with Gasteiger partial charge in [-0.2, -0.15) is 0 Å². The molecule has 0 aromatic carbocycles. The molecule has 4 nitrogen and oxygen atoms in total. The van der Waals surface area contributed by atoms with E-state index in [2.05, 4.69) is 17.2 Å². The molecule has 0 saturated heterocycles. The monoisotopic (exact) mass is 444 g/mol. The fourth-order valence-electron chi connectivity index (χ4n) is 7.41. The summed E-state index contributed by atoms with van der Waals surface area (Å²) in [6.07, 6.45) is 24.2. The van der Waals surface area contributed by atoms with Crippen molar-refractivity contribution in [1.82, 2.24) is 10.6 Å². The lowest BCUT2D eigenvalue weighted by atomic mass is 9.75. The number of hydrogen-bond acceptors (Lipinski definition) is 4. The van der Waals surface area contributed by atoms with E-state index < -0.39 is 0 Å². The summed E-state index contributed by atoms with van der Waals surface area (Å²) >= 11 is 0. The molecule has 0 aromatic heterocycles. The first kappa shape index (κ1) is 24.4. The molecule has 0 aromatic rings. The Morgan fingerprint density at radius 1 is 0.500 bits per heavy atom. The average Bonchev–Trinajstić information content (AvgIpc) is 2.79. The second-order valence-electron chi connectivity index (χ2n) is 12.2. The first-order valence-electron chi connectivity index (χ1n) is 14.3. The lowest BCUT2D eigenvalue weighted by molar-refractivity contribution is 0.210. The Hall–Kier alpha value is -0.740. The zero-order valence-corrected chi connectivity index (χ0v) is 20.7. The van der Waals surface area contributed by atoms with Gasteiger partial charge in [0.1, 0.15) is 0 Å². The fourth-order valence-corrected chi connectivity index (χ4v) is 7.41. The van der Waals surface area contributed by atoms with E-state index >= 15 is 0 Å². The average molecular weight is 445 g/mol. The molecule has 4 aliphatic rings. The van der Waals surface area contributed by atoms with Crippen LogP contribution < -0.4 is 22.1 Å². The third kappa shape index (κ3) is 7.65. The van der Waals surface area contributed by atoms with Crippen LogP contribution in [0.2, 0.25) is 0 Å². The summed E-state index contributed by atoms with van der Waals surface area (Å²) in [5.74, 6) is 4.88. The van der Waals surface area contributed by atoms with Crippen molar-refractivity contribution >= 4 is 0 Å². The summed E-state index contributed by atoms with van der Waals surface area (Å²) in [6.45, 7) is 4.34. The van der Waals surface area contributed by atoms with E-state index in [-0.39, 0.29) is 0 Å². The molecule has 0 heterocycles.